The largest absolute Gasteiger partial charge is 0.490 e. The Morgan fingerprint density at radius 1 is 1.30 bits per heavy atom. The molecular formula is C14H12ClN3O2. The molecule has 0 saturated carbocycles. The van der Waals surface area contributed by atoms with Crippen LogP contribution in [0, 0.1) is 11.3 Å². The molecule has 0 atom stereocenters. The normalized spacial score (nSPS) is 9.85. The predicted molar refractivity (Wildman–Crippen MR) is 76.3 cm³/mol. The number of hydrogen-bond donors (Lipinski definition) is 2. The molecule has 6 heteroatoms. The summed E-state index contributed by atoms with van der Waals surface area (Å²) in [6.45, 7) is 0.00617. The van der Waals surface area contributed by atoms with Crippen LogP contribution in [0.5, 0.6) is 5.75 Å². The fourth-order valence-electron chi connectivity index (χ4n) is 1.59. The fraction of sp³-hybridized carbons (Fsp3) is 0.143. The maximum atomic E-state index is 9.23. The van der Waals surface area contributed by atoms with Crippen molar-refractivity contribution in [3.05, 3.63) is 47.1 Å². The van der Waals surface area contributed by atoms with Crippen molar-refractivity contribution < 1.29 is 9.84 Å². The van der Waals surface area contributed by atoms with Crippen LogP contribution < -0.4 is 10.1 Å². The smallest absolute Gasteiger partial charge is 0.152 e. The quantitative estimate of drug-likeness (QED) is 0.885. The minimum Gasteiger partial charge on any atom is -0.490 e. The van der Waals surface area contributed by atoms with Crippen molar-refractivity contribution in [3.63, 3.8) is 0 Å². The van der Waals surface area contributed by atoms with Crippen molar-refractivity contribution in [1.29, 1.82) is 5.26 Å². The third-order valence-electron chi connectivity index (χ3n) is 2.48. The van der Waals surface area contributed by atoms with Crippen molar-refractivity contribution in [1.82, 2.24) is 4.98 Å². The van der Waals surface area contributed by atoms with Crippen LogP contribution in [-0.2, 0) is 0 Å². The van der Waals surface area contributed by atoms with Crippen molar-refractivity contribution in [2.45, 2.75) is 0 Å². The van der Waals surface area contributed by atoms with Gasteiger partial charge in [-0.05, 0) is 24.3 Å². The minimum absolute atomic E-state index is 0.118. The van der Waals surface area contributed by atoms with Crippen LogP contribution in [0.2, 0.25) is 5.02 Å². The number of halogens is 1. The molecule has 2 N–H and O–H groups in total. The number of aliphatic hydroxyl groups is 1. The molecule has 5 nitrogen and oxygen atoms in total. The van der Waals surface area contributed by atoms with E-state index < -0.39 is 0 Å². The maximum absolute atomic E-state index is 9.23. The molecule has 2 aromatic rings. The van der Waals surface area contributed by atoms with Crippen LogP contribution in [-0.4, -0.2) is 23.3 Å². The summed E-state index contributed by atoms with van der Waals surface area (Å²) in [5.41, 5.74) is 1.05. The number of nitrogens with zero attached hydrogens (tertiary/aromatic N) is 2. The molecule has 0 aliphatic carbocycles. The van der Waals surface area contributed by atoms with E-state index in [0.29, 0.717) is 16.6 Å². The monoisotopic (exact) mass is 289 g/mol. The average Bonchev–Trinajstić information content (AvgIpc) is 2.47. The average molecular weight is 290 g/mol. The van der Waals surface area contributed by atoms with E-state index in [-0.39, 0.29) is 18.8 Å². The SMILES string of the molecule is N#Cc1c(OCCO)ccnc1Nc1ccc(Cl)cc1. The van der Waals surface area contributed by atoms with Gasteiger partial charge in [0.25, 0.3) is 0 Å². The zero-order valence-electron chi connectivity index (χ0n) is 10.5. The number of rotatable bonds is 5. The summed E-state index contributed by atoms with van der Waals surface area (Å²) in [5, 5.41) is 21.7. The van der Waals surface area contributed by atoms with Gasteiger partial charge in [-0.15, -0.1) is 0 Å². The van der Waals surface area contributed by atoms with E-state index in [9.17, 15) is 5.26 Å². The summed E-state index contributed by atoms with van der Waals surface area (Å²) in [4.78, 5) is 4.13. The number of benzene rings is 1. The van der Waals surface area contributed by atoms with Crippen molar-refractivity contribution in [2.24, 2.45) is 0 Å². The lowest BCUT2D eigenvalue weighted by molar-refractivity contribution is 0.201. The van der Waals surface area contributed by atoms with Gasteiger partial charge in [-0.2, -0.15) is 5.26 Å². The summed E-state index contributed by atoms with van der Waals surface area (Å²) < 4.78 is 5.30. The fourth-order valence-corrected chi connectivity index (χ4v) is 1.72. The summed E-state index contributed by atoms with van der Waals surface area (Å²) in [6.07, 6.45) is 1.53. The third kappa shape index (κ3) is 3.38. The molecular weight excluding hydrogens is 278 g/mol. The number of pyridine rings is 1. The van der Waals surface area contributed by atoms with E-state index in [1.54, 1.807) is 30.3 Å². The van der Waals surface area contributed by atoms with Crippen molar-refractivity contribution >= 4 is 23.1 Å². The van der Waals surface area contributed by atoms with E-state index in [1.165, 1.54) is 6.20 Å². The Hall–Kier alpha value is -2.29. The lowest BCUT2D eigenvalue weighted by Gasteiger charge is -2.11. The molecule has 102 valence electrons. The molecule has 0 radical (unpaired) electrons. The molecule has 0 aliphatic heterocycles. The van der Waals surface area contributed by atoms with Gasteiger partial charge in [0.05, 0.1) is 6.61 Å². The summed E-state index contributed by atoms with van der Waals surface area (Å²) in [5.74, 6) is 0.776. The van der Waals surface area contributed by atoms with Gasteiger partial charge in [-0.25, -0.2) is 4.98 Å². The van der Waals surface area contributed by atoms with Crippen LogP contribution in [0.3, 0.4) is 0 Å². The lowest BCUT2D eigenvalue weighted by atomic mass is 10.2. The molecule has 0 unspecified atom stereocenters. The molecule has 1 aromatic heterocycles. The Labute approximate surface area is 121 Å². The van der Waals surface area contributed by atoms with Crippen LogP contribution in [0.1, 0.15) is 5.56 Å². The highest BCUT2D eigenvalue weighted by atomic mass is 35.5. The van der Waals surface area contributed by atoms with Crippen LogP contribution >= 0.6 is 11.6 Å². The number of ether oxygens (including phenoxy) is 1. The number of aliphatic hydroxyl groups excluding tert-OH is 1. The second-order valence-electron chi connectivity index (χ2n) is 3.85. The highest BCUT2D eigenvalue weighted by Gasteiger charge is 2.11. The molecule has 0 saturated heterocycles. The van der Waals surface area contributed by atoms with Gasteiger partial charge in [0.1, 0.15) is 24.0 Å². The van der Waals surface area contributed by atoms with Crippen LogP contribution in [0.25, 0.3) is 0 Å². The first-order valence-corrected chi connectivity index (χ1v) is 6.27. The summed E-state index contributed by atoms with van der Waals surface area (Å²) >= 11 is 5.82. The molecule has 20 heavy (non-hydrogen) atoms. The van der Waals surface area contributed by atoms with Crippen LogP contribution in [0.4, 0.5) is 11.5 Å². The highest BCUT2D eigenvalue weighted by molar-refractivity contribution is 6.30. The Balaban J connectivity index is 2.27. The van der Waals surface area contributed by atoms with Gasteiger partial charge in [0, 0.05) is 23.0 Å². The Morgan fingerprint density at radius 2 is 2.05 bits per heavy atom. The van der Waals surface area contributed by atoms with Crippen molar-refractivity contribution in [2.75, 3.05) is 18.5 Å². The van der Waals surface area contributed by atoms with Gasteiger partial charge >= 0.3 is 0 Å². The standard InChI is InChI=1S/C14H12ClN3O2/c15-10-1-3-11(4-2-10)18-14-12(9-16)13(5-6-17-14)20-8-7-19/h1-6,19H,7-8H2,(H,17,18). The lowest BCUT2D eigenvalue weighted by Crippen LogP contribution is -2.05. The maximum Gasteiger partial charge on any atom is 0.152 e. The minimum atomic E-state index is -0.118. The van der Waals surface area contributed by atoms with Crippen LogP contribution in [0.15, 0.2) is 36.5 Å². The number of anilines is 2. The van der Waals surface area contributed by atoms with E-state index in [4.69, 9.17) is 21.4 Å². The van der Waals surface area contributed by atoms with Gasteiger partial charge < -0.3 is 15.2 Å². The number of hydrogen-bond acceptors (Lipinski definition) is 5. The Kier molecular flexibility index (Phi) is 4.77. The van der Waals surface area contributed by atoms with Gasteiger partial charge in [-0.1, -0.05) is 11.6 Å². The predicted octanol–water partition coefficient (Wildman–Crippen LogP) is 2.72. The van der Waals surface area contributed by atoms with E-state index in [0.717, 1.165) is 5.69 Å². The second kappa shape index (κ2) is 6.75. The molecule has 0 aliphatic rings. The second-order valence-corrected chi connectivity index (χ2v) is 4.28. The first-order chi connectivity index (χ1) is 9.74. The third-order valence-corrected chi connectivity index (χ3v) is 2.73. The highest BCUT2D eigenvalue weighted by Crippen LogP contribution is 2.26. The molecule has 0 spiro atoms. The number of nitrogens with one attached hydrogen (secondary N) is 1. The van der Waals surface area contributed by atoms with E-state index in [2.05, 4.69) is 10.3 Å². The molecule has 0 amide bonds. The topological polar surface area (TPSA) is 78.2 Å². The van der Waals surface area contributed by atoms with E-state index in [1.807, 2.05) is 6.07 Å². The molecule has 0 fully saturated rings. The summed E-state index contributed by atoms with van der Waals surface area (Å²) in [7, 11) is 0. The summed E-state index contributed by atoms with van der Waals surface area (Å²) in [6, 6.07) is 10.7. The zero-order valence-corrected chi connectivity index (χ0v) is 11.3. The first-order valence-electron chi connectivity index (χ1n) is 5.90. The van der Waals surface area contributed by atoms with Crippen molar-refractivity contribution in [3.8, 4) is 11.8 Å². The zero-order chi connectivity index (χ0) is 14.4. The molecule has 0 bridgehead atoms. The molecule has 1 aromatic carbocycles. The number of nitriles is 1. The first kappa shape index (κ1) is 14.1. The van der Waals surface area contributed by atoms with Gasteiger partial charge in [-0.3, -0.25) is 0 Å². The van der Waals surface area contributed by atoms with Gasteiger partial charge in [0.2, 0.25) is 0 Å². The van der Waals surface area contributed by atoms with E-state index >= 15 is 0 Å². The molecule has 1 heterocycles. The number of aromatic nitrogens is 1. The Morgan fingerprint density at radius 3 is 2.70 bits per heavy atom. The molecule has 2 rings (SSSR count). The Bertz CT molecular complexity index is 623. The van der Waals surface area contributed by atoms with Gasteiger partial charge in [0.15, 0.2) is 5.82 Å².